The minimum absolute atomic E-state index is 0.211. The highest BCUT2D eigenvalue weighted by Gasteiger charge is 2.38. The fourth-order valence-electron chi connectivity index (χ4n) is 3.72. The van der Waals surface area contributed by atoms with Gasteiger partial charge in [-0.1, -0.05) is 156 Å². The zero-order valence-electron chi connectivity index (χ0n) is 33.2. The maximum Gasteiger partial charge on any atom is 0.331 e. The van der Waals surface area contributed by atoms with Crippen molar-refractivity contribution >= 4 is 5.97 Å². The summed E-state index contributed by atoms with van der Waals surface area (Å²) in [5, 5.41) is 0. The van der Waals surface area contributed by atoms with E-state index in [1.165, 1.54) is 51.0 Å². The van der Waals surface area contributed by atoms with Gasteiger partial charge in [0.15, 0.2) is 5.79 Å². The van der Waals surface area contributed by atoms with E-state index in [4.69, 9.17) is 9.47 Å². The standard InChI is InChI=1S/C10H20O2.C9H20.C6H14.C5H6O2.C4H10.C3H8.C2H6/c1-8(2)10(11-4)6-5-9(3)7-12-10;1-8(2)6-5-7-9(3)4;1-4-5-6(2)3;1-4-2-5(6)7-3-4;1-4(2)3;1-3-2;1-2/h8-9H,5-7H2,1-4H3;8-9H,5-7H2,1-4H3;6H,4-5H2,1-3H3;2H,3H2,1H3;4H,1-3H3;3H2,1-2H3;1-2H3/t9-,10-;;;;;;/m0....../s1. The second-order valence-corrected chi connectivity index (χ2v) is 14.1. The fraction of sp³-hybridized carbons (Fsp3) is 0.923. The normalized spacial score (nSPS) is 18.7. The first-order chi connectivity index (χ1) is 19.9. The van der Waals surface area contributed by atoms with Crippen molar-refractivity contribution < 1.29 is 19.0 Å². The van der Waals surface area contributed by atoms with E-state index >= 15 is 0 Å². The number of rotatable bonds is 8. The summed E-state index contributed by atoms with van der Waals surface area (Å²) in [4.78, 5) is 10.2. The van der Waals surface area contributed by atoms with Crippen molar-refractivity contribution in [1.29, 1.82) is 0 Å². The van der Waals surface area contributed by atoms with Gasteiger partial charge >= 0.3 is 5.97 Å². The van der Waals surface area contributed by atoms with Gasteiger partial charge in [-0.2, -0.15) is 0 Å². The minimum atomic E-state index is -0.299. The highest BCUT2D eigenvalue weighted by atomic mass is 16.7. The summed E-state index contributed by atoms with van der Waals surface area (Å²) in [5.74, 6) is 4.13. The maximum absolute atomic E-state index is 10.2. The molecule has 264 valence electrons. The van der Waals surface area contributed by atoms with Gasteiger partial charge in [0.2, 0.25) is 0 Å². The van der Waals surface area contributed by atoms with Crippen LogP contribution in [0.3, 0.4) is 0 Å². The molecule has 2 heterocycles. The van der Waals surface area contributed by atoms with Gasteiger partial charge in [-0.3, -0.25) is 0 Å². The van der Waals surface area contributed by atoms with Crippen LogP contribution in [0.4, 0.5) is 0 Å². The molecule has 0 aromatic rings. The van der Waals surface area contributed by atoms with Crippen LogP contribution in [0, 0.1) is 35.5 Å². The average Bonchev–Trinajstić information content (AvgIpc) is 3.29. The van der Waals surface area contributed by atoms with Crippen LogP contribution in [0.1, 0.15) is 176 Å². The van der Waals surface area contributed by atoms with E-state index in [1.807, 2.05) is 20.8 Å². The predicted molar refractivity (Wildman–Crippen MR) is 195 cm³/mol. The molecule has 2 atom stereocenters. The number of hydrogen-bond acceptors (Lipinski definition) is 4. The maximum atomic E-state index is 10.2. The molecule has 0 radical (unpaired) electrons. The first-order valence-corrected chi connectivity index (χ1v) is 18.0. The van der Waals surface area contributed by atoms with E-state index in [1.54, 1.807) is 7.11 Å². The third-order valence-electron chi connectivity index (χ3n) is 6.06. The zero-order chi connectivity index (χ0) is 35.0. The summed E-state index contributed by atoms with van der Waals surface area (Å²) in [5.41, 5.74) is 1.00. The average molecular weight is 617 g/mol. The third kappa shape index (κ3) is 43.3. The number of ether oxygens (including phenoxy) is 3. The van der Waals surface area contributed by atoms with Crippen LogP contribution in [0.25, 0.3) is 0 Å². The van der Waals surface area contributed by atoms with Crippen LogP contribution in [-0.4, -0.2) is 32.1 Å². The van der Waals surface area contributed by atoms with Gasteiger partial charge in [-0.25, -0.2) is 4.79 Å². The molecule has 0 unspecified atom stereocenters. The van der Waals surface area contributed by atoms with E-state index in [0.29, 0.717) is 18.4 Å². The molecular weight excluding hydrogens is 532 g/mol. The molecule has 0 amide bonds. The van der Waals surface area contributed by atoms with Gasteiger partial charge in [0.05, 0.1) is 6.61 Å². The number of carbonyl (C=O) groups is 1. The second kappa shape index (κ2) is 35.6. The smallest absolute Gasteiger partial charge is 0.331 e. The largest absolute Gasteiger partial charge is 0.458 e. The fourth-order valence-corrected chi connectivity index (χ4v) is 3.72. The topological polar surface area (TPSA) is 44.8 Å². The number of carbonyl (C=O) groups excluding carboxylic acids is 1. The molecule has 4 nitrogen and oxygen atoms in total. The molecule has 0 bridgehead atoms. The molecule has 0 aromatic carbocycles. The Bertz CT molecular complexity index is 557. The minimum Gasteiger partial charge on any atom is -0.458 e. The molecule has 0 aliphatic carbocycles. The van der Waals surface area contributed by atoms with Crippen LogP contribution >= 0.6 is 0 Å². The summed E-state index contributed by atoms with van der Waals surface area (Å²) >= 11 is 0. The Balaban J connectivity index is -0.000000140. The molecule has 4 heteroatoms. The van der Waals surface area contributed by atoms with Gasteiger partial charge < -0.3 is 14.2 Å². The lowest BCUT2D eigenvalue weighted by Gasteiger charge is -2.41. The first kappa shape index (κ1) is 51.7. The number of esters is 1. The van der Waals surface area contributed by atoms with E-state index in [-0.39, 0.29) is 11.8 Å². The van der Waals surface area contributed by atoms with E-state index in [0.717, 1.165) is 42.3 Å². The molecule has 0 saturated carbocycles. The van der Waals surface area contributed by atoms with E-state index < -0.39 is 0 Å². The number of cyclic esters (lactones) is 1. The van der Waals surface area contributed by atoms with Crippen molar-refractivity contribution in [2.24, 2.45) is 35.5 Å². The molecule has 0 aromatic heterocycles. The van der Waals surface area contributed by atoms with Crippen molar-refractivity contribution in [1.82, 2.24) is 0 Å². The predicted octanol–water partition coefficient (Wildman–Crippen LogP) is 12.9. The summed E-state index contributed by atoms with van der Waals surface area (Å²) in [6.07, 6.45) is 11.9. The van der Waals surface area contributed by atoms with E-state index in [2.05, 4.69) is 109 Å². The van der Waals surface area contributed by atoms with Gasteiger partial charge in [0, 0.05) is 25.5 Å². The quantitative estimate of drug-likeness (QED) is 0.254. The third-order valence-corrected chi connectivity index (χ3v) is 6.06. The molecule has 2 rings (SSSR count). The monoisotopic (exact) mass is 617 g/mol. The molecular formula is C39H84O4. The molecule has 2 aliphatic rings. The zero-order valence-corrected chi connectivity index (χ0v) is 33.2. The van der Waals surface area contributed by atoms with Crippen molar-refractivity contribution in [3.8, 4) is 0 Å². The van der Waals surface area contributed by atoms with Gasteiger partial charge in [-0.05, 0) is 48.5 Å². The first-order valence-electron chi connectivity index (χ1n) is 18.0. The summed E-state index contributed by atoms with van der Waals surface area (Å²) in [6, 6.07) is 0. The highest BCUT2D eigenvalue weighted by Crippen LogP contribution is 2.34. The Morgan fingerprint density at radius 2 is 1.28 bits per heavy atom. The lowest BCUT2D eigenvalue weighted by Crippen LogP contribution is -2.45. The number of methoxy groups -OCH3 is 1. The van der Waals surface area contributed by atoms with Crippen LogP contribution in [-0.2, 0) is 19.0 Å². The van der Waals surface area contributed by atoms with Crippen LogP contribution < -0.4 is 0 Å². The molecule has 1 fully saturated rings. The summed E-state index contributed by atoms with van der Waals surface area (Å²) in [6.45, 7) is 40.4. The Labute approximate surface area is 273 Å². The lowest BCUT2D eigenvalue weighted by atomic mass is 9.90. The lowest BCUT2D eigenvalue weighted by molar-refractivity contribution is -0.274. The van der Waals surface area contributed by atoms with E-state index in [9.17, 15) is 4.79 Å². The van der Waals surface area contributed by atoms with Crippen LogP contribution in [0.2, 0.25) is 0 Å². The SMILES string of the molecule is CC.CC(C)C.CC(C)CCCC(C)C.CC1=CC(=O)OC1.CCC.CCCC(C)C.CO[C@@]1(C(C)C)CC[C@H](C)CO1. The van der Waals surface area contributed by atoms with Crippen molar-refractivity contribution in [3.05, 3.63) is 11.6 Å². The van der Waals surface area contributed by atoms with Crippen molar-refractivity contribution in [2.75, 3.05) is 20.3 Å². The molecule has 1 saturated heterocycles. The van der Waals surface area contributed by atoms with Crippen LogP contribution in [0.15, 0.2) is 11.6 Å². The Hall–Kier alpha value is -0.870. The Morgan fingerprint density at radius 1 is 0.860 bits per heavy atom. The molecule has 2 aliphatic heterocycles. The highest BCUT2D eigenvalue weighted by molar-refractivity contribution is 5.85. The van der Waals surface area contributed by atoms with Crippen molar-refractivity contribution in [2.45, 2.75) is 182 Å². The Morgan fingerprint density at radius 3 is 1.44 bits per heavy atom. The second-order valence-electron chi connectivity index (χ2n) is 14.1. The van der Waals surface area contributed by atoms with Gasteiger partial charge in [0.25, 0.3) is 0 Å². The molecule has 0 N–H and O–H groups in total. The summed E-state index contributed by atoms with van der Waals surface area (Å²) < 4.78 is 15.8. The van der Waals surface area contributed by atoms with Crippen molar-refractivity contribution in [3.63, 3.8) is 0 Å². The van der Waals surface area contributed by atoms with Gasteiger partial charge in [-0.15, -0.1) is 0 Å². The van der Waals surface area contributed by atoms with Gasteiger partial charge in [0.1, 0.15) is 6.61 Å². The molecule has 43 heavy (non-hydrogen) atoms. The van der Waals surface area contributed by atoms with Crippen LogP contribution in [0.5, 0.6) is 0 Å². The number of hydrogen-bond donors (Lipinski definition) is 0. The Kier molecular flexibility index (Phi) is 42.8. The summed E-state index contributed by atoms with van der Waals surface area (Å²) in [7, 11) is 1.75. The molecule has 0 spiro atoms.